The zero-order chi connectivity index (χ0) is 48.5. The second kappa shape index (κ2) is 23.1. The average Bonchev–Trinajstić information content (AvgIpc) is 3.22. The van der Waals surface area contributed by atoms with E-state index >= 15 is 0 Å². The Morgan fingerprint density at radius 3 is 1.24 bits per heavy atom. The molecule has 32 heteroatoms. The first-order chi connectivity index (χ1) is 29.8. The Kier molecular flexibility index (Phi) is 19.4. The molecule has 17 N–H and O–H groups in total. The number of ether oxygens (including phenoxy) is 4. The fourth-order valence-corrected chi connectivity index (χ4v) is 5.02. The zero-order valence-electron chi connectivity index (χ0n) is 32.5. The van der Waals surface area contributed by atoms with Crippen LogP contribution in [0.3, 0.4) is 0 Å². The number of hydrogen-bond acceptors (Lipinski definition) is 26. The van der Waals surface area contributed by atoms with Gasteiger partial charge in [0.15, 0.2) is 64.0 Å². The summed E-state index contributed by atoms with van der Waals surface area (Å²) in [5.41, 5.74) is -4.62. The second-order valence-electron chi connectivity index (χ2n) is 12.2. The number of phenols is 10. The standard InChI is InChI=1S/C27H24O18.C6H3N3O7.CH2O2.Cu.H3N/c28-11-1-8(2-12(29)18(11)34)24(39)42-7-17-21(37)23(44-25(40)9-3-13(30)19(35)14(31)4-9)22(38)27(43-17)45-26(41)10-5-15(32)20(36)16(33)6-10;10-6-4(8(13)14)1-3(7(11)12)2-5(6)9(15)16;2-1-3;;/h1-6,17,21-23,27-38H,7H2;1-2,10H;1H,(H,2,3);;1H3/q;;;+2;/p+1/t17-,21-,22-,23+,27-;;;;/m1..../s1. The van der Waals surface area contributed by atoms with Gasteiger partial charge in [0.1, 0.15) is 18.8 Å². The number of esters is 3. The third-order valence-electron chi connectivity index (χ3n) is 8.06. The molecule has 1 radical (unpaired) electrons. The predicted molar refractivity (Wildman–Crippen MR) is 203 cm³/mol. The molecule has 5 rings (SSSR count). The number of quaternary nitrogens is 1. The molecule has 0 unspecified atom stereocenters. The van der Waals surface area contributed by atoms with Crippen LogP contribution < -0.4 is 6.15 Å². The van der Waals surface area contributed by atoms with E-state index in [-0.39, 0.29) is 29.7 Å². The van der Waals surface area contributed by atoms with Crippen LogP contribution in [0.25, 0.3) is 0 Å². The maximum Gasteiger partial charge on any atom is 2.00 e. The number of aliphatic hydroxyl groups is 2. The van der Waals surface area contributed by atoms with Crippen LogP contribution in [0.1, 0.15) is 31.1 Å². The molecular formula is C34H33CuN4O27+3. The Morgan fingerprint density at radius 1 is 0.576 bits per heavy atom. The SMILES string of the molecule is O=C(OC[C@H]1O[C@H](OC(=O)c2cc(O)c(O)c(O)c2)[C@H](O)[C@@H](OC(=O)c2cc(O)c(O)c(O)c2)[C@@H]1O)c1cc(O)c(O)c(O)c1.O=CO.O=[N+]([O-])c1cc([N+](=O)[O-])c(O)c([N+](=O)[O-])c1.[Cu+2].[NH4+]. The van der Waals surface area contributed by atoms with Crippen molar-refractivity contribution in [1.82, 2.24) is 6.15 Å². The Bertz CT molecular complexity index is 2400. The van der Waals surface area contributed by atoms with E-state index in [9.17, 15) is 101 Å². The molecule has 1 saturated heterocycles. The van der Waals surface area contributed by atoms with Crippen molar-refractivity contribution >= 4 is 41.4 Å². The maximum absolute atomic E-state index is 12.8. The van der Waals surface area contributed by atoms with Crippen molar-refractivity contribution in [3.05, 3.63) is 95.6 Å². The van der Waals surface area contributed by atoms with Crippen molar-refractivity contribution in [2.45, 2.75) is 30.7 Å². The zero-order valence-corrected chi connectivity index (χ0v) is 33.4. The summed E-state index contributed by atoms with van der Waals surface area (Å²) in [6, 6.07) is 5.09. The Balaban J connectivity index is 0.000000870. The molecule has 0 saturated carbocycles. The quantitative estimate of drug-likeness (QED) is 0.0200. The smallest absolute Gasteiger partial charge is 0.504 e. The second-order valence-corrected chi connectivity index (χ2v) is 12.2. The summed E-state index contributed by atoms with van der Waals surface area (Å²) in [6.07, 6.45) is -10.2. The number of carboxylic acid groups (broad SMARTS) is 1. The van der Waals surface area contributed by atoms with Crippen molar-refractivity contribution in [3.8, 4) is 57.5 Å². The molecule has 0 aromatic heterocycles. The van der Waals surface area contributed by atoms with Gasteiger partial charge in [-0.05, 0) is 36.4 Å². The summed E-state index contributed by atoms with van der Waals surface area (Å²) in [5.74, 6) is -13.5. The number of aliphatic hydroxyl groups excluding tert-OH is 2. The maximum atomic E-state index is 12.8. The van der Waals surface area contributed by atoms with Crippen LogP contribution in [-0.2, 0) is 40.8 Å². The van der Waals surface area contributed by atoms with E-state index in [0.717, 1.165) is 12.1 Å². The molecule has 1 aliphatic rings. The van der Waals surface area contributed by atoms with E-state index in [1.54, 1.807) is 0 Å². The molecule has 359 valence electrons. The van der Waals surface area contributed by atoms with Gasteiger partial charge in [-0.2, -0.15) is 0 Å². The molecule has 5 atom stereocenters. The summed E-state index contributed by atoms with van der Waals surface area (Å²) in [7, 11) is 0. The number of carbonyl (C=O) groups is 4. The van der Waals surface area contributed by atoms with E-state index in [1.807, 2.05) is 0 Å². The fourth-order valence-electron chi connectivity index (χ4n) is 5.02. The molecule has 31 nitrogen and oxygen atoms in total. The molecule has 66 heavy (non-hydrogen) atoms. The van der Waals surface area contributed by atoms with Crippen LogP contribution in [0.4, 0.5) is 17.1 Å². The van der Waals surface area contributed by atoms with Crippen molar-refractivity contribution in [2.24, 2.45) is 0 Å². The molecular weight excluding hydrogens is 960 g/mol. The number of rotatable bonds is 10. The van der Waals surface area contributed by atoms with Crippen LogP contribution in [0.5, 0.6) is 57.5 Å². The van der Waals surface area contributed by atoms with Gasteiger partial charge >= 0.3 is 46.4 Å². The van der Waals surface area contributed by atoms with Gasteiger partial charge in [-0.1, -0.05) is 0 Å². The number of nitro benzene ring substituents is 3. The van der Waals surface area contributed by atoms with Crippen LogP contribution in [0.15, 0.2) is 48.5 Å². The van der Waals surface area contributed by atoms with Crippen molar-refractivity contribution in [1.29, 1.82) is 0 Å². The Labute approximate surface area is 373 Å². The monoisotopic (exact) mass is 992 g/mol. The first kappa shape index (κ1) is 55.3. The van der Waals surface area contributed by atoms with Gasteiger partial charge in [0.05, 0.1) is 43.6 Å². The minimum Gasteiger partial charge on any atom is -0.504 e. The van der Waals surface area contributed by atoms with Gasteiger partial charge in [0.2, 0.25) is 6.29 Å². The van der Waals surface area contributed by atoms with Crippen LogP contribution in [0, 0.1) is 30.3 Å². The van der Waals surface area contributed by atoms with Gasteiger partial charge in [0.25, 0.3) is 17.9 Å². The van der Waals surface area contributed by atoms with Crippen molar-refractivity contribution in [3.63, 3.8) is 0 Å². The number of phenolic OH excluding ortho intramolecular Hbond substituents is 10. The van der Waals surface area contributed by atoms with Crippen molar-refractivity contribution in [2.75, 3.05) is 6.61 Å². The summed E-state index contributed by atoms with van der Waals surface area (Å²) in [5, 5.41) is 155. The van der Waals surface area contributed by atoms with Gasteiger partial charge in [-0.3, -0.25) is 35.1 Å². The number of benzene rings is 4. The van der Waals surface area contributed by atoms with Gasteiger partial charge < -0.3 is 91.5 Å². The number of aromatic hydroxyl groups is 10. The third kappa shape index (κ3) is 12.9. The number of nitrogens with zero attached hydrogens (tertiary/aromatic N) is 3. The molecule has 4 aromatic rings. The topological polar surface area (TPSA) is 534 Å². The summed E-state index contributed by atoms with van der Waals surface area (Å²) < 4.78 is 20.6. The predicted octanol–water partition coefficient (Wildman–Crippen LogP) is 0.914. The van der Waals surface area contributed by atoms with E-state index in [0.29, 0.717) is 36.4 Å². The first-order valence-corrected chi connectivity index (χ1v) is 16.6. The molecule has 1 fully saturated rings. The van der Waals surface area contributed by atoms with Gasteiger partial charge in [0, 0.05) is 0 Å². The molecule has 4 aromatic carbocycles. The van der Waals surface area contributed by atoms with E-state index in [1.165, 1.54) is 0 Å². The first-order valence-electron chi connectivity index (χ1n) is 16.6. The van der Waals surface area contributed by atoms with Gasteiger partial charge in [-0.15, -0.1) is 0 Å². The molecule has 0 amide bonds. The molecule has 0 aliphatic carbocycles. The minimum absolute atomic E-state index is 0. The Hall–Kier alpha value is -8.68. The molecule has 0 spiro atoms. The fraction of sp³-hybridized carbons (Fsp3) is 0.176. The van der Waals surface area contributed by atoms with E-state index in [4.69, 9.17) is 34.0 Å². The van der Waals surface area contributed by atoms with Crippen LogP contribution >= 0.6 is 0 Å². The van der Waals surface area contributed by atoms with Crippen molar-refractivity contribution < 1.29 is 136 Å². The van der Waals surface area contributed by atoms with E-state index < -0.39 is 161 Å². The average molecular weight is 993 g/mol. The summed E-state index contributed by atoms with van der Waals surface area (Å²) in [6.45, 7) is -1.17. The molecule has 1 aliphatic heterocycles. The number of non-ortho nitro benzene ring substituents is 1. The number of nitro groups is 3. The van der Waals surface area contributed by atoms with E-state index in [2.05, 4.69) is 0 Å². The van der Waals surface area contributed by atoms with Crippen LogP contribution in [-0.4, -0.2) is 143 Å². The molecule has 0 bridgehead atoms. The van der Waals surface area contributed by atoms with Gasteiger partial charge in [-0.25, -0.2) is 14.4 Å². The summed E-state index contributed by atoms with van der Waals surface area (Å²) in [4.78, 5) is 74.2. The normalized spacial score (nSPS) is 16.9. The third-order valence-corrected chi connectivity index (χ3v) is 8.06. The number of carbonyl (C=O) groups excluding carboxylic acids is 3. The largest absolute Gasteiger partial charge is 2.00 e. The molecule has 1 heterocycles. The number of hydrogen-bond donors (Lipinski definition) is 14. The summed E-state index contributed by atoms with van der Waals surface area (Å²) >= 11 is 0. The van der Waals surface area contributed by atoms with Crippen LogP contribution in [0.2, 0.25) is 0 Å². The minimum atomic E-state index is -2.19. The Morgan fingerprint density at radius 2 is 0.909 bits per heavy atom.